The molecule has 0 aromatic heterocycles. The summed E-state index contributed by atoms with van der Waals surface area (Å²) in [5, 5.41) is 0. The van der Waals surface area contributed by atoms with E-state index < -0.39 is 21.8 Å². The summed E-state index contributed by atoms with van der Waals surface area (Å²) in [5.74, 6) is -0.722. The number of benzene rings is 2. The maximum atomic E-state index is 12.8. The molecule has 1 saturated heterocycles. The van der Waals surface area contributed by atoms with Crippen LogP contribution in [0.1, 0.15) is 46.0 Å². The van der Waals surface area contributed by atoms with Gasteiger partial charge in [0.25, 0.3) is 11.8 Å². The molecule has 0 unspecified atom stereocenters. The van der Waals surface area contributed by atoms with Crippen LogP contribution >= 0.6 is 0 Å². The second-order valence-corrected chi connectivity index (χ2v) is 9.17. The minimum atomic E-state index is -3.72. The van der Waals surface area contributed by atoms with Gasteiger partial charge in [0.15, 0.2) is 0 Å². The van der Waals surface area contributed by atoms with E-state index in [2.05, 4.69) is 24.7 Å². The molecule has 2 amide bonds. The van der Waals surface area contributed by atoms with Crippen molar-refractivity contribution >= 4 is 21.8 Å². The third-order valence-corrected chi connectivity index (χ3v) is 6.73. The molecule has 3 rings (SSSR count). The van der Waals surface area contributed by atoms with Gasteiger partial charge < -0.3 is 4.74 Å². The van der Waals surface area contributed by atoms with E-state index in [1.165, 1.54) is 28.6 Å². The molecule has 30 heavy (non-hydrogen) atoms. The smallest absolute Gasteiger partial charge is 0.269 e. The van der Waals surface area contributed by atoms with Crippen LogP contribution in [-0.2, 0) is 14.8 Å². The van der Waals surface area contributed by atoms with Crippen LogP contribution in [0.4, 0.5) is 0 Å². The molecule has 1 aliphatic rings. The second-order valence-electron chi connectivity index (χ2n) is 7.23. The predicted molar refractivity (Wildman–Crippen MR) is 111 cm³/mol. The first-order valence-corrected chi connectivity index (χ1v) is 11.1. The van der Waals surface area contributed by atoms with Gasteiger partial charge in [0.1, 0.15) is 0 Å². The monoisotopic (exact) mass is 431 g/mol. The molecule has 8 nitrogen and oxygen atoms in total. The summed E-state index contributed by atoms with van der Waals surface area (Å²) in [5.41, 5.74) is 6.31. The third kappa shape index (κ3) is 5.05. The van der Waals surface area contributed by atoms with Gasteiger partial charge in [-0.2, -0.15) is 4.31 Å². The molecule has 9 heteroatoms. The van der Waals surface area contributed by atoms with E-state index in [1.54, 1.807) is 12.1 Å². The van der Waals surface area contributed by atoms with Crippen LogP contribution in [0, 0.1) is 0 Å². The maximum Gasteiger partial charge on any atom is 0.269 e. The summed E-state index contributed by atoms with van der Waals surface area (Å²) in [6.07, 6.45) is 0. The molecular weight excluding hydrogens is 406 g/mol. The molecule has 0 atom stereocenters. The van der Waals surface area contributed by atoms with E-state index in [0.29, 0.717) is 24.7 Å². The van der Waals surface area contributed by atoms with E-state index in [1.807, 2.05) is 12.1 Å². The fourth-order valence-corrected chi connectivity index (χ4v) is 4.47. The molecule has 0 saturated carbocycles. The van der Waals surface area contributed by atoms with E-state index in [-0.39, 0.29) is 23.5 Å². The molecular formula is C21H25N3O5S. The second kappa shape index (κ2) is 9.38. The van der Waals surface area contributed by atoms with Gasteiger partial charge in [0, 0.05) is 24.2 Å². The minimum absolute atomic E-state index is 0.0210. The van der Waals surface area contributed by atoms with Crippen LogP contribution in [0.15, 0.2) is 53.4 Å². The predicted octanol–water partition coefficient (Wildman–Crippen LogP) is 1.91. The van der Waals surface area contributed by atoms with Crippen molar-refractivity contribution in [2.75, 3.05) is 26.3 Å². The van der Waals surface area contributed by atoms with Crippen LogP contribution in [0.3, 0.4) is 0 Å². The minimum Gasteiger partial charge on any atom is -0.379 e. The molecule has 2 aromatic rings. The van der Waals surface area contributed by atoms with Crippen molar-refractivity contribution < 1.29 is 22.7 Å². The Hall–Kier alpha value is -2.75. The SMILES string of the molecule is CC(C)c1ccc(C(=O)NNC(=O)c2cccc(S(=O)(=O)N3CCOCC3)c2)cc1. The summed E-state index contributed by atoms with van der Waals surface area (Å²) in [7, 11) is -3.72. The molecule has 1 fully saturated rings. The summed E-state index contributed by atoms with van der Waals surface area (Å²) in [6, 6.07) is 12.8. The molecule has 1 heterocycles. The fourth-order valence-electron chi connectivity index (χ4n) is 3.01. The maximum absolute atomic E-state index is 12.8. The Bertz CT molecular complexity index is 1010. The zero-order valence-electron chi connectivity index (χ0n) is 16.9. The van der Waals surface area contributed by atoms with Gasteiger partial charge in [-0.1, -0.05) is 32.0 Å². The number of hydrogen-bond donors (Lipinski definition) is 2. The number of carbonyl (C=O) groups excluding carboxylic acids is 2. The van der Waals surface area contributed by atoms with Crippen molar-refractivity contribution in [1.29, 1.82) is 0 Å². The number of amides is 2. The average molecular weight is 432 g/mol. The normalized spacial score (nSPS) is 15.0. The van der Waals surface area contributed by atoms with Crippen molar-refractivity contribution in [2.24, 2.45) is 0 Å². The van der Waals surface area contributed by atoms with E-state index >= 15 is 0 Å². The molecule has 2 aromatic carbocycles. The highest BCUT2D eigenvalue weighted by molar-refractivity contribution is 7.89. The molecule has 0 bridgehead atoms. The zero-order valence-corrected chi connectivity index (χ0v) is 17.7. The molecule has 1 aliphatic heterocycles. The Morgan fingerprint density at radius 1 is 0.933 bits per heavy atom. The van der Waals surface area contributed by atoms with Gasteiger partial charge >= 0.3 is 0 Å². The lowest BCUT2D eigenvalue weighted by molar-refractivity contribution is 0.0730. The number of rotatable bonds is 5. The van der Waals surface area contributed by atoms with E-state index in [0.717, 1.165) is 5.56 Å². The Morgan fingerprint density at radius 2 is 1.53 bits per heavy atom. The molecule has 2 N–H and O–H groups in total. The van der Waals surface area contributed by atoms with Crippen molar-refractivity contribution in [1.82, 2.24) is 15.2 Å². The Balaban J connectivity index is 1.65. The van der Waals surface area contributed by atoms with Crippen LogP contribution in [-0.4, -0.2) is 50.8 Å². The summed E-state index contributed by atoms with van der Waals surface area (Å²) in [6.45, 7) is 5.33. The number of nitrogens with zero attached hydrogens (tertiary/aromatic N) is 1. The van der Waals surface area contributed by atoms with Gasteiger partial charge in [-0.15, -0.1) is 0 Å². The zero-order chi connectivity index (χ0) is 21.7. The molecule has 0 radical (unpaired) electrons. The number of sulfonamides is 1. The van der Waals surface area contributed by atoms with E-state index in [4.69, 9.17) is 4.74 Å². The number of hydrogen-bond acceptors (Lipinski definition) is 5. The first-order chi connectivity index (χ1) is 14.3. The highest BCUT2D eigenvalue weighted by Gasteiger charge is 2.26. The van der Waals surface area contributed by atoms with Crippen LogP contribution in [0.25, 0.3) is 0 Å². The van der Waals surface area contributed by atoms with Crippen LogP contribution < -0.4 is 10.9 Å². The van der Waals surface area contributed by atoms with E-state index in [9.17, 15) is 18.0 Å². The third-order valence-electron chi connectivity index (χ3n) is 4.83. The topological polar surface area (TPSA) is 105 Å². The lowest BCUT2D eigenvalue weighted by atomic mass is 10.0. The quantitative estimate of drug-likeness (QED) is 0.704. The summed E-state index contributed by atoms with van der Waals surface area (Å²) in [4.78, 5) is 24.7. The molecule has 0 aliphatic carbocycles. The summed E-state index contributed by atoms with van der Waals surface area (Å²) >= 11 is 0. The first kappa shape index (κ1) is 21.9. The molecule has 160 valence electrons. The fraction of sp³-hybridized carbons (Fsp3) is 0.333. The lowest BCUT2D eigenvalue weighted by Crippen LogP contribution is -2.42. The van der Waals surface area contributed by atoms with Crippen LogP contribution in [0.2, 0.25) is 0 Å². The van der Waals surface area contributed by atoms with Crippen molar-refractivity contribution in [2.45, 2.75) is 24.7 Å². The van der Waals surface area contributed by atoms with Gasteiger partial charge in [-0.25, -0.2) is 8.42 Å². The van der Waals surface area contributed by atoms with Crippen molar-refractivity contribution in [3.63, 3.8) is 0 Å². The number of nitrogens with one attached hydrogen (secondary N) is 2. The molecule has 0 spiro atoms. The average Bonchev–Trinajstić information content (AvgIpc) is 2.78. The van der Waals surface area contributed by atoms with Gasteiger partial charge in [0.05, 0.1) is 18.1 Å². The highest BCUT2D eigenvalue weighted by Crippen LogP contribution is 2.18. The first-order valence-electron chi connectivity index (χ1n) is 9.67. The summed E-state index contributed by atoms with van der Waals surface area (Å²) < 4.78 is 32.0. The van der Waals surface area contributed by atoms with Crippen molar-refractivity contribution in [3.8, 4) is 0 Å². The Labute approximate surface area is 176 Å². The largest absolute Gasteiger partial charge is 0.379 e. The van der Waals surface area contributed by atoms with Gasteiger partial charge in [-0.05, 0) is 41.8 Å². The number of carbonyl (C=O) groups is 2. The number of hydrazine groups is 1. The van der Waals surface area contributed by atoms with Gasteiger partial charge in [-0.3, -0.25) is 20.4 Å². The Kier molecular flexibility index (Phi) is 6.86. The van der Waals surface area contributed by atoms with Crippen LogP contribution in [0.5, 0.6) is 0 Å². The van der Waals surface area contributed by atoms with Gasteiger partial charge in [0.2, 0.25) is 10.0 Å². The Morgan fingerprint density at radius 3 is 2.13 bits per heavy atom. The number of morpholine rings is 1. The standard InChI is InChI=1S/C21H25N3O5S/c1-15(2)16-6-8-17(9-7-16)20(25)22-23-21(26)18-4-3-5-19(14-18)30(27,28)24-10-12-29-13-11-24/h3-9,14-15H,10-13H2,1-2H3,(H,22,25)(H,23,26). The highest BCUT2D eigenvalue weighted by atomic mass is 32.2. The van der Waals surface area contributed by atoms with Crippen molar-refractivity contribution in [3.05, 3.63) is 65.2 Å². The lowest BCUT2D eigenvalue weighted by Gasteiger charge is -2.26. The number of ether oxygens (including phenoxy) is 1.